The predicted molar refractivity (Wildman–Crippen MR) is 79.6 cm³/mol. The van der Waals surface area contributed by atoms with Gasteiger partial charge in [-0.25, -0.2) is 0 Å². The Morgan fingerprint density at radius 3 is 2.82 bits per heavy atom. The molecule has 1 unspecified atom stereocenters. The second-order valence-electron chi connectivity index (χ2n) is 4.27. The first-order valence-electron chi connectivity index (χ1n) is 6.28. The molecule has 17 heavy (non-hydrogen) atoms. The van der Waals surface area contributed by atoms with E-state index in [1.54, 1.807) is 11.8 Å². The third kappa shape index (κ3) is 7.12. The molecule has 0 radical (unpaired) electrons. The minimum Gasteiger partial charge on any atom is -0.392 e. The largest absolute Gasteiger partial charge is 0.392 e. The molecule has 1 aromatic rings. The Morgan fingerprint density at radius 1 is 1.29 bits per heavy atom. The zero-order valence-corrected chi connectivity index (χ0v) is 12.8. The Bertz CT molecular complexity index is 317. The van der Waals surface area contributed by atoms with Crippen molar-refractivity contribution in [1.82, 2.24) is 0 Å². The molecule has 0 spiro atoms. The van der Waals surface area contributed by atoms with Crippen molar-refractivity contribution in [2.45, 2.75) is 50.0 Å². The maximum atomic E-state index is 9.85. The van der Waals surface area contributed by atoms with Crippen molar-refractivity contribution < 1.29 is 5.11 Å². The molecule has 0 aliphatic heterocycles. The van der Waals surface area contributed by atoms with Crippen molar-refractivity contribution in [3.05, 3.63) is 28.7 Å². The van der Waals surface area contributed by atoms with Crippen molar-refractivity contribution in [1.29, 1.82) is 0 Å². The molecule has 0 aliphatic carbocycles. The quantitative estimate of drug-likeness (QED) is 0.545. The van der Waals surface area contributed by atoms with Crippen LogP contribution in [0.4, 0.5) is 0 Å². The van der Waals surface area contributed by atoms with Crippen LogP contribution in [0.15, 0.2) is 33.6 Å². The van der Waals surface area contributed by atoms with Crippen LogP contribution in [0.2, 0.25) is 0 Å². The van der Waals surface area contributed by atoms with Gasteiger partial charge < -0.3 is 5.11 Å². The summed E-state index contributed by atoms with van der Waals surface area (Å²) >= 11 is 5.18. The summed E-state index contributed by atoms with van der Waals surface area (Å²) < 4.78 is 1.10. The van der Waals surface area contributed by atoms with Crippen LogP contribution < -0.4 is 0 Å². The third-order valence-electron chi connectivity index (χ3n) is 2.63. The zero-order valence-electron chi connectivity index (χ0n) is 10.4. The molecule has 0 fully saturated rings. The molecule has 1 nitrogen and oxygen atoms in total. The normalized spacial score (nSPS) is 12.6. The van der Waals surface area contributed by atoms with Crippen LogP contribution >= 0.6 is 27.7 Å². The number of hydrogen-bond donors (Lipinski definition) is 1. The van der Waals surface area contributed by atoms with Crippen molar-refractivity contribution in [2.75, 3.05) is 5.75 Å². The molecule has 1 aromatic carbocycles. The Hall–Kier alpha value is 0.01000. The van der Waals surface area contributed by atoms with E-state index < -0.39 is 0 Å². The SMILES string of the molecule is CCCCCCC(O)CSc1cccc(Br)c1. The van der Waals surface area contributed by atoms with Crippen LogP contribution in [0.5, 0.6) is 0 Å². The van der Waals surface area contributed by atoms with Gasteiger partial charge in [0.2, 0.25) is 0 Å². The topological polar surface area (TPSA) is 20.2 Å². The maximum absolute atomic E-state index is 9.85. The molecule has 3 heteroatoms. The summed E-state index contributed by atoms with van der Waals surface area (Å²) in [6.07, 6.45) is 5.69. The van der Waals surface area contributed by atoms with E-state index in [2.05, 4.69) is 35.0 Å². The highest BCUT2D eigenvalue weighted by Crippen LogP contribution is 2.23. The highest BCUT2D eigenvalue weighted by Gasteiger charge is 2.05. The molecule has 0 bridgehead atoms. The number of aliphatic hydroxyl groups excluding tert-OH is 1. The average molecular weight is 317 g/mol. The summed E-state index contributed by atoms with van der Waals surface area (Å²) in [5.74, 6) is 0.794. The van der Waals surface area contributed by atoms with Gasteiger partial charge in [-0.3, -0.25) is 0 Å². The van der Waals surface area contributed by atoms with Crippen LogP contribution in [0.1, 0.15) is 39.0 Å². The Morgan fingerprint density at radius 2 is 2.12 bits per heavy atom. The fourth-order valence-electron chi connectivity index (χ4n) is 1.64. The molecule has 0 saturated carbocycles. The fraction of sp³-hybridized carbons (Fsp3) is 0.571. The fourth-order valence-corrected chi connectivity index (χ4v) is 3.13. The summed E-state index contributed by atoms with van der Waals surface area (Å²) in [6.45, 7) is 2.21. The molecule has 0 aromatic heterocycles. The maximum Gasteiger partial charge on any atom is 0.0634 e. The molecule has 96 valence electrons. The first-order chi connectivity index (χ1) is 8.22. The van der Waals surface area contributed by atoms with Gasteiger partial charge in [0.05, 0.1) is 6.10 Å². The minimum atomic E-state index is -0.171. The van der Waals surface area contributed by atoms with Gasteiger partial charge in [0.25, 0.3) is 0 Å². The van der Waals surface area contributed by atoms with Crippen LogP contribution in [-0.4, -0.2) is 17.0 Å². The summed E-state index contributed by atoms with van der Waals surface area (Å²) in [4.78, 5) is 1.21. The summed E-state index contributed by atoms with van der Waals surface area (Å²) in [5, 5.41) is 9.85. The third-order valence-corrected chi connectivity index (χ3v) is 4.26. The molecular formula is C14H21BrOS. The van der Waals surface area contributed by atoms with Crippen LogP contribution in [0.3, 0.4) is 0 Å². The Kier molecular flexibility index (Phi) is 7.99. The number of hydrogen-bond acceptors (Lipinski definition) is 2. The molecule has 1 atom stereocenters. The number of unbranched alkanes of at least 4 members (excludes halogenated alkanes) is 3. The van der Waals surface area contributed by atoms with Crippen molar-refractivity contribution in [3.8, 4) is 0 Å². The summed E-state index contributed by atoms with van der Waals surface area (Å²) in [5.41, 5.74) is 0. The highest BCUT2D eigenvalue weighted by atomic mass is 79.9. The Balaban J connectivity index is 2.17. The lowest BCUT2D eigenvalue weighted by Gasteiger charge is -2.10. The van der Waals surface area contributed by atoms with Gasteiger partial charge in [-0.2, -0.15) is 0 Å². The number of benzene rings is 1. The molecular weight excluding hydrogens is 296 g/mol. The lowest BCUT2D eigenvalue weighted by atomic mass is 10.1. The average Bonchev–Trinajstić information content (AvgIpc) is 2.32. The predicted octanol–water partition coefficient (Wildman–Crippen LogP) is 4.87. The van der Waals surface area contributed by atoms with E-state index in [4.69, 9.17) is 0 Å². The highest BCUT2D eigenvalue weighted by molar-refractivity contribution is 9.10. The second-order valence-corrected chi connectivity index (χ2v) is 6.28. The number of rotatable bonds is 8. The monoisotopic (exact) mass is 316 g/mol. The molecule has 0 heterocycles. The van der Waals surface area contributed by atoms with Gasteiger partial charge in [0.1, 0.15) is 0 Å². The molecule has 0 saturated heterocycles. The molecule has 1 rings (SSSR count). The van der Waals surface area contributed by atoms with E-state index in [1.807, 2.05) is 12.1 Å². The van der Waals surface area contributed by atoms with Crippen LogP contribution in [0, 0.1) is 0 Å². The first-order valence-corrected chi connectivity index (χ1v) is 8.06. The lowest BCUT2D eigenvalue weighted by molar-refractivity contribution is 0.185. The van der Waals surface area contributed by atoms with Gasteiger partial charge in [0.15, 0.2) is 0 Å². The van der Waals surface area contributed by atoms with Crippen molar-refractivity contribution >= 4 is 27.7 Å². The van der Waals surface area contributed by atoms with Gasteiger partial charge in [0, 0.05) is 15.1 Å². The van der Waals surface area contributed by atoms with E-state index in [-0.39, 0.29) is 6.10 Å². The Labute approximate surface area is 117 Å². The molecule has 0 amide bonds. The van der Waals surface area contributed by atoms with Gasteiger partial charge in [-0.05, 0) is 24.6 Å². The van der Waals surface area contributed by atoms with E-state index >= 15 is 0 Å². The number of aliphatic hydroxyl groups is 1. The number of thioether (sulfide) groups is 1. The smallest absolute Gasteiger partial charge is 0.0634 e. The van der Waals surface area contributed by atoms with Crippen LogP contribution in [-0.2, 0) is 0 Å². The van der Waals surface area contributed by atoms with E-state index in [0.29, 0.717) is 0 Å². The molecule has 1 N–H and O–H groups in total. The van der Waals surface area contributed by atoms with Gasteiger partial charge >= 0.3 is 0 Å². The van der Waals surface area contributed by atoms with E-state index in [9.17, 15) is 5.11 Å². The van der Waals surface area contributed by atoms with Crippen molar-refractivity contribution in [3.63, 3.8) is 0 Å². The van der Waals surface area contributed by atoms with Gasteiger partial charge in [-0.1, -0.05) is 54.6 Å². The van der Waals surface area contributed by atoms with E-state index in [0.717, 1.165) is 23.1 Å². The second kappa shape index (κ2) is 9.01. The van der Waals surface area contributed by atoms with Gasteiger partial charge in [-0.15, -0.1) is 11.8 Å². The van der Waals surface area contributed by atoms with Crippen molar-refractivity contribution in [2.24, 2.45) is 0 Å². The van der Waals surface area contributed by atoms with E-state index in [1.165, 1.54) is 24.2 Å². The summed E-state index contributed by atoms with van der Waals surface area (Å²) in [7, 11) is 0. The minimum absolute atomic E-state index is 0.171. The molecule has 0 aliphatic rings. The first kappa shape index (κ1) is 15.1. The van der Waals surface area contributed by atoms with Crippen LogP contribution in [0.25, 0.3) is 0 Å². The lowest BCUT2D eigenvalue weighted by Crippen LogP contribution is -2.09. The standard InChI is InChI=1S/C14H21BrOS/c1-2-3-4-5-8-13(16)11-17-14-9-6-7-12(15)10-14/h6-7,9-10,13,16H,2-5,8,11H2,1H3. The zero-order chi connectivity index (χ0) is 12.5. The number of halogens is 1. The summed E-state index contributed by atoms with van der Waals surface area (Å²) in [6, 6.07) is 8.22.